The number of likely N-dealkylation sites (tertiary alicyclic amines) is 1. The highest BCUT2D eigenvalue weighted by Gasteiger charge is 2.43. The van der Waals surface area contributed by atoms with Gasteiger partial charge in [0, 0.05) is 25.3 Å². The van der Waals surface area contributed by atoms with E-state index in [1.165, 1.54) is 4.90 Å². The summed E-state index contributed by atoms with van der Waals surface area (Å²) in [7, 11) is 1.56. The van der Waals surface area contributed by atoms with E-state index in [1.807, 2.05) is 53.4 Å². The summed E-state index contributed by atoms with van der Waals surface area (Å²) in [6, 6.07) is 16.8. The SMILES string of the molecule is COc1ccccc1C1=C(N2CCCC(CO)C2)C(=O)N(Cc2ccccc2)C1=O. The fourth-order valence-electron chi connectivity index (χ4n) is 4.28. The van der Waals surface area contributed by atoms with Gasteiger partial charge in [-0.3, -0.25) is 14.5 Å². The molecule has 0 aliphatic carbocycles. The minimum atomic E-state index is -0.311. The Morgan fingerprint density at radius 1 is 1.03 bits per heavy atom. The van der Waals surface area contributed by atoms with E-state index in [1.54, 1.807) is 13.2 Å². The van der Waals surface area contributed by atoms with Gasteiger partial charge in [-0.2, -0.15) is 0 Å². The van der Waals surface area contributed by atoms with E-state index in [0.717, 1.165) is 18.4 Å². The van der Waals surface area contributed by atoms with Crippen molar-refractivity contribution >= 4 is 17.4 Å². The van der Waals surface area contributed by atoms with Crippen LogP contribution in [0.15, 0.2) is 60.3 Å². The van der Waals surface area contributed by atoms with Gasteiger partial charge in [-0.05, 0) is 30.4 Å². The van der Waals surface area contributed by atoms with Gasteiger partial charge in [0.05, 0.1) is 19.2 Å². The number of carbonyl (C=O) groups excluding carboxylic acids is 2. The summed E-state index contributed by atoms with van der Waals surface area (Å²) in [4.78, 5) is 30.3. The van der Waals surface area contributed by atoms with Gasteiger partial charge >= 0.3 is 0 Å². The molecular formula is C24H26N2O4. The topological polar surface area (TPSA) is 70.1 Å². The molecule has 0 saturated carbocycles. The number of aliphatic hydroxyl groups excluding tert-OH is 1. The summed E-state index contributed by atoms with van der Waals surface area (Å²) in [6.07, 6.45) is 1.79. The molecule has 0 spiro atoms. The van der Waals surface area contributed by atoms with Gasteiger partial charge in [0.2, 0.25) is 0 Å². The molecule has 156 valence electrons. The summed E-state index contributed by atoms with van der Waals surface area (Å²) in [5.41, 5.74) is 2.31. The van der Waals surface area contributed by atoms with E-state index < -0.39 is 0 Å². The average molecular weight is 406 g/mol. The minimum Gasteiger partial charge on any atom is -0.496 e. The van der Waals surface area contributed by atoms with E-state index in [9.17, 15) is 14.7 Å². The highest BCUT2D eigenvalue weighted by molar-refractivity contribution is 6.35. The molecule has 1 unspecified atom stereocenters. The van der Waals surface area contributed by atoms with Gasteiger partial charge in [-0.1, -0.05) is 48.5 Å². The number of imide groups is 1. The number of nitrogens with zero attached hydrogens (tertiary/aromatic N) is 2. The van der Waals surface area contributed by atoms with E-state index >= 15 is 0 Å². The molecule has 30 heavy (non-hydrogen) atoms. The molecule has 1 atom stereocenters. The van der Waals surface area contributed by atoms with Gasteiger partial charge in [-0.15, -0.1) is 0 Å². The van der Waals surface area contributed by atoms with Crippen LogP contribution >= 0.6 is 0 Å². The average Bonchev–Trinajstić information content (AvgIpc) is 3.04. The summed E-state index contributed by atoms with van der Waals surface area (Å²) >= 11 is 0. The monoisotopic (exact) mass is 406 g/mol. The van der Waals surface area contributed by atoms with Crippen molar-refractivity contribution in [2.24, 2.45) is 5.92 Å². The Hall–Kier alpha value is -3.12. The molecule has 6 nitrogen and oxygen atoms in total. The Balaban J connectivity index is 1.78. The quantitative estimate of drug-likeness (QED) is 0.747. The molecule has 4 rings (SSSR count). The second kappa shape index (κ2) is 8.71. The lowest BCUT2D eigenvalue weighted by Gasteiger charge is -2.34. The van der Waals surface area contributed by atoms with Crippen molar-refractivity contribution in [3.63, 3.8) is 0 Å². The van der Waals surface area contributed by atoms with Crippen LogP contribution in [-0.4, -0.2) is 53.5 Å². The lowest BCUT2D eigenvalue weighted by Crippen LogP contribution is -2.40. The molecular weight excluding hydrogens is 380 g/mol. The van der Waals surface area contributed by atoms with Gasteiger partial charge < -0.3 is 14.7 Å². The molecule has 2 aliphatic heterocycles. The van der Waals surface area contributed by atoms with Crippen LogP contribution in [0.1, 0.15) is 24.0 Å². The molecule has 1 N–H and O–H groups in total. The highest BCUT2D eigenvalue weighted by Crippen LogP contribution is 2.38. The van der Waals surface area contributed by atoms with Crippen molar-refractivity contribution in [3.8, 4) is 5.75 Å². The summed E-state index contributed by atoms with van der Waals surface area (Å²) in [5, 5.41) is 9.66. The Morgan fingerprint density at radius 3 is 2.50 bits per heavy atom. The maximum atomic E-state index is 13.5. The largest absolute Gasteiger partial charge is 0.496 e. The van der Waals surface area contributed by atoms with Crippen molar-refractivity contribution in [2.75, 3.05) is 26.8 Å². The first-order valence-electron chi connectivity index (χ1n) is 10.3. The zero-order valence-corrected chi connectivity index (χ0v) is 17.1. The minimum absolute atomic E-state index is 0.0731. The molecule has 2 aromatic rings. The third kappa shape index (κ3) is 3.71. The van der Waals surface area contributed by atoms with Crippen LogP contribution in [0.25, 0.3) is 5.57 Å². The van der Waals surface area contributed by atoms with Crippen LogP contribution in [0, 0.1) is 5.92 Å². The van der Waals surface area contributed by atoms with Crippen molar-refractivity contribution in [1.82, 2.24) is 9.80 Å². The lowest BCUT2D eigenvalue weighted by atomic mass is 9.96. The number of amides is 2. The van der Waals surface area contributed by atoms with Crippen molar-refractivity contribution in [2.45, 2.75) is 19.4 Å². The Kier molecular flexibility index (Phi) is 5.86. The molecule has 0 bridgehead atoms. The van der Waals surface area contributed by atoms with Gasteiger partial charge in [0.1, 0.15) is 11.4 Å². The zero-order chi connectivity index (χ0) is 21.1. The van der Waals surface area contributed by atoms with Crippen molar-refractivity contribution in [3.05, 3.63) is 71.4 Å². The molecule has 1 fully saturated rings. The smallest absolute Gasteiger partial charge is 0.278 e. The number of ether oxygens (including phenoxy) is 1. The van der Waals surface area contributed by atoms with Crippen molar-refractivity contribution < 1.29 is 19.4 Å². The molecule has 0 radical (unpaired) electrons. The van der Waals surface area contributed by atoms with Crippen LogP contribution in [0.5, 0.6) is 5.75 Å². The number of methoxy groups -OCH3 is 1. The van der Waals surface area contributed by atoms with Crippen LogP contribution < -0.4 is 4.74 Å². The number of aliphatic hydroxyl groups is 1. The first-order valence-corrected chi connectivity index (χ1v) is 10.3. The summed E-state index contributed by atoms with van der Waals surface area (Å²) in [5.74, 6) is 0.0532. The standard InChI is InChI=1S/C24H26N2O4/c1-30-20-12-6-5-11-19(20)21-22(25-13-7-10-18(14-25)16-27)24(29)26(23(21)28)15-17-8-3-2-4-9-17/h2-6,8-9,11-12,18,27H,7,10,13-16H2,1H3. The van der Waals surface area contributed by atoms with Crippen LogP contribution in [0.2, 0.25) is 0 Å². The molecule has 2 aliphatic rings. The fraction of sp³-hybridized carbons (Fsp3) is 0.333. The number of hydrogen-bond acceptors (Lipinski definition) is 5. The number of hydrogen-bond donors (Lipinski definition) is 1. The zero-order valence-electron chi connectivity index (χ0n) is 17.1. The van der Waals surface area contributed by atoms with Gasteiger partial charge in [0.25, 0.3) is 11.8 Å². The maximum Gasteiger partial charge on any atom is 0.278 e. The third-order valence-corrected chi connectivity index (χ3v) is 5.80. The molecule has 0 aromatic heterocycles. The first-order chi connectivity index (χ1) is 14.6. The number of piperidine rings is 1. The molecule has 1 saturated heterocycles. The molecule has 6 heteroatoms. The van der Waals surface area contributed by atoms with E-state index in [0.29, 0.717) is 35.7 Å². The number of para-hydroxylation sites is 1. The Labute approximate surface area is 176 Å². The van der Waals surface area contributed by atoms with E-state index in [2.05, 4.69) is 0 Å². The van der Waals surface area contributed by atoms with E-state index in [4.69, 9.17) is 4.74 Å². The van der Waals surface area contributed by atoms with E-state index in [-0.39, 0.29) is 30.9 Å². The predicted octanol–water partition coefficient (Wildman–Crippen LogP) is 2.68. The second-order valence-corrected chi connectivity index (χ2v) is 7.74. The molecule has 2 aromatic carbocycles. The summed E-state index contributed by atoms with van der Waals surface area (Å²) < 4.78 is 5.50. The number of rotatable bonds is 6. The van der Waals surface area contributed by atoms with Crippen molar-refractivity contribution in [1.29, 1.82) is 0 Å². The van der Waals surface area contributed by atoms with Crippen LogP contribution in [0.3, 0.4) is 0 Å². The molecule has 2 amide bonds. The number of carbonyl (C=O) groups is 2. The normalized spacial score (nSPS) is 19.6. The maximum absolute atomic E-state index is 13.5. The fourth-order valence-corrected chi connectivity index (χ4v) is 4.28. The third-order valence-electron chi connectivity index (χ3n) is 5.80. The Morgan fingerprint density at radius 2 is 1.77 bits per heavy atom. The Bertz CT molecular complexity index is 970. The first kappa shape index (κ1) is 20.2. The summed E-state index contributed by atoms with van der Waals surface area (Å²) in [6.45, 7) is 1.53. The van der Waals surface area contributed by atoms with Gasteiger partial charge in [0.15, 0.2) is 0 Å². The lowest BCUT2D eigenvalue weighted by molar-refractivity contribution is -0.138. The molecule has 2 heterocycles. The van der Waals surface area contributed by atoms with Crippen LogP contribution in [0.4, 0.5) is 0 Å². The number of benzene rings is 2. The predicted molar refractivity (Wildman–Crippen MR) is 113 cm³/mol. The second-order valence-electron chi connectivity index (χ2n) is 7.74. The van der Waals surface area contributed by atoms with Gasteiger partial charge in [-0.25, -0.2) is 0 Å². The highest BCUT2D eigenvalue weighted by atomic mass is 16.5. The van der Waals surface area contributed by atoms with Crippen LogP contribution in [-0.2, 0) is 16.1 Å².